The smallest absolute Gasteiger partial charge is 0.270 e. The molecule has 3 aromatic carbocycles. The zero-order valence-electron chi connectivity index (χ0n) is 26.3. The van der Waals surface area contributed by atoms with Gasteiger partial charge < -0.3 is 43.1 Å². The predicted octanol–water partition coefficient (Wildman–Crippen LogP) is 6.05. The predicted molar refractivity (Wildman–Crippen MR) is 170 cm³/mol. The van der Waals surface area contributed by atoms with Crippen LogP contribution in [0.2, 0.25) is 0 Å². The molecular weight excluding hydrogens is 580 g/mol. The highest BCUT2D eigenvalue weighted by molar-refractivity contribution is 5.92. The topological polar surface area (TPSA) is 126 Å². The first-order valence-electron chi connectivity index (χ1n) is 14.2. The fraction of sp³-hybridized carbons (Fsp3) is 0.286. The van der Waals surface area contributed by atoms with Crippen LogP contribution in [0.25, 0.3) is 22.6 Å². The Kier molecular flexibility index (Phi) is 8.70. The van der Waals surface area contributed by atoms with Gasteiger partial charge in [0.25, 0.3) is 5.79 Å². The van der Waals surface area contributed by atoms with Gasteiger partial charge in [-0.2, -0.15) is 0 Å². The fourth-order valence-corrected chi connectivity index (χ4v) is 5.26. The van der Waals surface area contributed by atoms with Crippen molar-refractivity contribution in [3.05, 3.63) is 86.8 Å². The highest BCUT2D eigenvalue weighted by atomic mass is 16.7. The second-order valence-corrected chi connectivity index (χ2v) is 10.8. The highest BCUT2D eigenvalue weighted by Crippen LogP contribution is 2.49. The second-order valence-electron chi connectivity index (χ2n) is 10.8. The van der Waals surface area contributed by atoms with Gasteiger partial charge in [0.1, 0.15) is 45.5 Å². The van der Waals surface area contributed by atoms with Crippen LogP contribution in [-0.2, 0) is 6.42 Å². The van der Waals surface area contributed by atoms with Gasteiger partial charge in [0, 0.05) is 46.5 Å². The van der Waals surface area contributed by atoms with E-state index >= 15 is 0 Å². The van der Waals surface area contributed by atoms with Gasteiger partial charge in [-0.3, -0.25) is 4.79 Å². The lowest BCUT2D eigenvalue weighted by Crippen LogP contribution is -2.47. The van der Waals surface area contributed by atoms with Gasteiger partial charge in [0.05, 0.1) is 28.4 Å². The lowest BCUT2D eigenvalue weighted by Gasteiger charge is -2.39. The maximum Gasteiger partial charge on any atom is 0.270 e. The minimum atomic E-state index is -1.58. The number of fused-ring (bicyclic) bond motifs is 5. The molecule has 6 rings (SSSR count). The lowest BCUT2D eigenvalue weighted by atomic mass is 9.90. The maximum atomic E-state index is 12.0. The molecule has 1 atom stereocenters. The summed E-state index contributed by atoms with van der Waals surface area (Å²) in [6, 6.07) is 11.8. The van der Waals surface area contributed by atoms with E-state index in [1.807, 2.05) is 38.1 Å². The van der Waals surface area contributed by atoms with Crippen LogP contribution in [0.3, 0.4) is 0 Å². The number of hydrogen-bond donors (Lipinski definition) is 2. The molecule has 2 aliphatic heterocycles. The van der Waals surface area contributed by atoms with Crippen molar-refractivity contribution >= 4 is 22.6 Å². The minimum absolute atomic E-state index is 0.0298. The van der Waals surface area contributed by atoms with E-state index in [9.17, 15) is 15.0 Å². The van der Waals surface area contributed by atoms with Crippen molar-refractivity contribution < 1.29 is 43.1 Å². The van der Waals surface area contributed by atoms with Crippen LogP contribution in [0.15, 0.2) is 63.3 Å². The number of aromatic hydroxyl groups is 1. The number of hydrogen-bond acceptors (Lipinski definition) is 10. The molecule has 0 fully saturated rings. The molecule has 10 nitrogen and oxygen atoms in total. The molecule has 4 aromatic rings. The first-order valence-corrected chi connectivity index (χ1v) is 14.2. The molecule has 0 amide bonds. The molecule has 0 bridgehead atoms. The molecule has 0 spiro atoms. The molecule has 1 aromatic heterocycles. The quantitative estimate of drug-likeness (QED) is 0.247. The van der Waals surface area contributed by atoms with Gasteiger partial charge in [-0.05, 0) is 51.5 Å². The number of aryl methyl sites for hydroxylation is 1. The van der Waals surface area contributed by atoms with E-state index in [1.165, 1.54) is 19.2 Å². The van der Waals surface area contributed by atoms with Crippen LogP contribution in [0.4, 0.5) is 0 Å². The minimum Gasteiger partial charge on any atom is -0.507 e. The van der Waals surface area contributed by atoms with Crippen LogP contribution in [0.1, 0.15) is 36.3 Å². The molecule has 1 unspecified atom stereocenters. The first-order chi connectivity index (χ1) is 21.5. The summed E-state index contributed by atoms with van der Waals surface area (Å²) in [4.78, 5) is 12.0. The number of benzene rings is 3. The third-order valence-electron chi connectivity index (χ3n) is 7.52. The zero-order valence-corrected chi connectivity index (χ0v) is 26.3. The van der Waals surface area contributed by atoms with Gasteiger partial charge in [-0.25, -0.2) is 0 Å². The average molecular weight is 617 g/mol. The molecule has 3 heterocycles. The molecule has 0 aliphatic carbocycles. The summed E-state index contributed by atoms with van der Waals surface area (Å²) in [5, 5.41) is 21.2. The van der Waals surface area contributed by atoms with E-state index < -0.39 is 5.79 Å². The Hall–Kier alpha value is -5.09. The molecule has 45 heavy (non-hydrogen) atoms. The van der Waals surface area contributed by atoms with E-state index in [2.05, 4.69) is 0 Å². The number of rotatable bonds is 6. The van der Waals surface area contributed by atoms with Crippen molar-refractivity contribution in [2.75, 3.05) is 35.0 Å². The summed E-state index contributed by atoms with van der Waals surface area (Å²) in [5.74, 6) is 2.24. The maximum absolute atomic E-state index is 12.0. The van der Waals surface area contributed by atoms with Crippen LogP contribution < -0.4 is 33.8 Å². The van der Waals surface area contributed by atoms with Crippen LogP contribution in [0, 0.1) is 6.92 Å². The SMILES string of the molecule is COc1cc(O)c2c(=O)cc(C)oc2c1CC=C(C)C.COc1ccc2c(c1)OC1(O)COc3cc(OC)c(OC)cc3C1=C2. The zero-order chi connectivity index (χ0) is 32.5. The van der Waals surface area contributed by atoms with Crippen molar-refractivity contribution in [2.24, 2.45) is 0 Å². The molecule has 236 valence electrons. The van der Waals surface area contributed by atoms with Gasteiger partial charge in [-0.1, -0.05) is 11.6 Å². The van der Waals surface area contributed by atoms with Crippen molar-refractivity contribution in [2.45, 2.75) is 33.0 Å². The number of allylic oxidation sites excluding steroid dienone is 2. The Bertz CT molecular complexity index is 1880. The largest absolute Gasteiger partial charge is 0.507 e. The van der Waals surface area contributed by atoms with E-state index in [4.69, 9.17) is 32.8 Å². The van der Waals surface area contributed by atoms with Gasteiger partial charge in [-0.15, -0.1) is 0 Å². The van der Waals surface area contributed by atoms with E-state index in [-0.39, 0.29) is 23.2 Å². The number of methoxy groups -OCH3 is 4. The normalized spacial score (nSPS) is 15.9. The third kappa shape index (κ3) is 6.01. The highest BCUT2D eigenvalue weighted by Gasteiger charge is 2.44. The molecule has 2 aliphatic rings. The Morgan fingerprint density at radius 3 is 2.31 bits per heavy atom. The molecule has 10 heteroatoms. The summed E-state index contributed by atoms with van der Waals surface area (Å²) in [5.41, 5.74) is 4.24. The van der Waals surface area contributed by atoms with Crippen molar-refractivity contribution in [1.82, 2.24) is 0 Å². The summed E-state index contributed by atoms with van der Waals surface area (Å²) < 4.78 is 38.4. The summed E-state index contributed by atoms with van der Waals surface area (Å²) in [6.45, 7) is 5.67. The van der Waals surface area contributed by atoms with Gasteiger partial charge >= 0.3 is 0 Å². The lowest BCUT2D eigenvalue weighted by molar-refractivity contribution is -0.116. The van der Waals surface area contributed by atoms with Crippen LogP contribution in [0.5, 0.6) is 40.2 Å². The van der Waals surface area contributed by atoms with Gasteiger partial charge in [0.15, 0.2) is 23.5 Å². The number of aliphatic hydroxyl groups is 1. The number of ether oxygens (including phenoxy) is 6. The second kappa shape index (κ2) is 12.5. The molecular formula is C35H36O10. The van der Waals surface area contributed by atoms with Crippen molar-refractivity contribution in [1.29, 1.82) is 0 Å². The monoisotopic (exact) mass is 616 g/mol. The standard InChI is InChI=1S/C19H18O6.C16H18O4/c1-21-12-5-4-11-6-14-13-8-17(22-2)18(23-3)9-16(13)24-10-19(14,20)25-15(11)7-12;1-9(2)5-6-11-14(19-4)8-13(18)15-12(17)7-10(3)20-16(11)15/h4-9,20H,10H2,1-3H3;5,7-8,18H,6H2,1-4H3. The Labute approximate surface area is 260 Å². The number of phenolic OH excluding ortho intramolecular Hbond substituents is 1. The fourth-order valence-electron chi connectivity index (χ4n) is 5.26. The Balaban J connectivity index is 0.000000183. The van der Waals surface area contributed by atoms with E-state index in [0.29, 0.717) is 63.4 Å². The third-order valence-corrected chi connectivity index (χ3v) is 7.52. The molecule has 0 radical (unpaired) electrons. The number of phenols is 1. The summed E-state index contributed by atoms with van der Waals surface area (Å²) in [7, 11) is 6.24. The first kappa shape index (κ1) is 31.3. The average Bonchev–Trinajstić information content (AvgIpc) is 3.01. The van der Waals surface area contributed by atoms with Crippen LogP contribution >= 0.6 is 0 Å². The van der Waals surface area contributed by atoms with Crippen molar-refractivity contribution in [3.63, 3.8) is 0 Å². The summed E-state index contributed by atoms with van der Waals surface area (Å²) >= 11 is 0. The van der Waals surface area contributed by atoms with Crippen molar-refractivity contribution in [3.8, 4) is 40.2 Å². The Morgan fingerprint density at radius 1 is 0.933 bits per heavy atom. The van der Waals surface area contributed by atoms with E-state index in [0.717, 1.165) is 16.7 Å². The molecule has 2 N–H and O–H groups in total. The van der Waals surface area contributed by atoms with Gasteiger partial charge in [0.2, 0.25) is 0 Å². The Morgan fingerprint density at radius 2 is 1.64 bits per heavy atom. The molecule has 0 saturated carbocycles. The molecule has 0 saturated heterocycles. The summed E-state index contributed by atoms with van der Waals surface area (Å²) in [6.07, 6.45) is 4.50. The van der Waals surface area contributed by atoms with Crippen LogP contribution in [-0.4, -0.2) is 51.0 Å². The van der Waals surface area contributed by atoms with E-state index in [1.54, 1.807) is 46.5 Å².